The SMILES string of the molecule is Cc1cc(F)ccc1CC(O)c1ncc(Cl)cc1Cl. The lowest BCUT2D eigenvalue weighted by molar-refractivity contribution is 0.173. The molecule has 0 fully saturated rings. The van der Waals surface area contributed by atoms with Crippen LogP contribution in [0.25, 0.3) is 0 Å². The van der Waals surface area contributed by atoms with Gasteiger partial charge in [0, 0.05) is 12.6 Å². The molecule has 0 bridgehead atoms. The van der Waals surface area contributed by atoms with Crippen LogP contribution >= 0.6 is 23.2 Å². The lowest BCUT2D eigenvalue weighted by Gasteiger charge is -2.13. The van der Waals surface area contributed by atoms with Gasteiger partial charge >= 0.3 is 0 Å². The third kappa shape index (κ3) is 3.44. The normalized spacial score (nSPS) is 12.5. The zero-order valence-corrected chi connectivity index (χ0v) is 11.7. The van der Waals surface area contributed by atoms with Gasteiger partial charge in [-0.2, -0.15) is 0 Å². The molecule has 1 unspecified atom stereocenters. The zero-order chi connectivity index (χ0) is 14.0. The average Bonchev–Trinajstić information content (AvgIpc) is 2.32. The number of pyridine rings is 1. The van der Waals surface area contributed by atoms with E-state index in [-0.39, 0.29) is 5.82 Å². The van der Waals surface area contributed by atoms with E-state index in [4.69, 9.17) is 23.2 Å². The van der Waals surface area contributed by atoms with Crippen LogP contribution in [-0.2, 0) is 6.42 Å². The molecule has 1 aromatic carbocycles. The maximum absolute atomic E-state index is 13.0. The fourth-order valence-corrected chi connectivity index (χ4v) is 2.37. The quantitative estimate of drug-likeness (QED) is 0.925. The molecule has 2 nitrogen and oxygen atoms in total. The third-order valence-corrected chi connectivity index (χ3v) is 3.38. The Morgan fingerprint density at radius 1 is 1.32 bits per heavy atom. The molecule has 0 aliphatic rings. The van der Waals surface area contributed by atoms with Gasteiger partial charge in [0.25, 0.3) is 0 Å². The molecule has 0 radical (unpaired) electrons. The van der Waals surface area contributed by atoms with Crippen LogP contribution in [0.4, 0.5) is 4.39 Å². The standard InChI is InChI=1S/C14H12Cl2FNO/c1-8-4-11(17)3-2-9(8)5-13(19)14-12(16)6-10(15)7-18-14/h2-4,6-7,13,19H,5H2,1H3. The summed E-state index contributed by atoms with van der Waals surface area (Å²) in [5.41, 5.74) is 2.00. The molecule has 19 heavy (non-hydrogen) atoms. The first-order valence-electron chi connectivity index (χ1n) is 5.71. The Labute approximate surface area is 120 Å². The number of benzene rings is 1. The van der Waals surface area contributed by atoms with Crippen LogP contribution < -0.4 is 0 Å². The van der Waals surface area contributed by atoms with E-state index in [1.54, 1.807) is 13.0 Å². The zero-order valence-electron chi connectivity index (χ0n) is 10.2. The Kier molecular flexibility index (Phi) is 4.40. The molecule has 0 saturated carbocycles. The van der Waals surface area contributed by atoms with Crippen LogP contribution in [0.1, 0.15) is 22.9 Å². The Morgan fingerprint density at radius 2 is 2.05 bits per heavy atom. The second-order valence-electron chi connectivity index (χ2n) is 4.31. The van der Waals surface area contributed by atoms with Gasteiger partial charge in [-0.3, -0.25) is 4.98 Å². The van der Waals surface area contributed by atoms with Gasteiger partial charge in [0.1, 0.15) is 11.9 Å². The highest BCUT2D eigenvalue weighted by Gasteiger charge is 2.15. The molecular weight excluding hydrogens is 288 g/mol. The predicted octanol–water partition coefficient (Wildman–Crippen LogP) is 4.11. The summed E-state index contributed by atoms with van der Waals surface area (Å²) in [4.78, 5) is 4.03. The van der Waals surface area contributed by atoms with Crippen molar-refractivity contribution in [1.82, 2.24) is 4.98 Å². The van der Waals surface area contributed by atoms with E-state index in [1.807, 2.05) is 0 Å². The molecule has 0 amide bonds. The Balaban J connectivity index is 2.23. The number of hydrogen-bond donors (Lipinski definition) is 1. The number of nitrogens with zero attached hydrogens (tertiary/aromatic N) is 1. The number of aliphatic hydroxyl groups excluding tert-OH is 1. The highest BCUT2D eigenvalue weighted by atomic mass is 35.5. The Morgan fingerprint density at radius 3 is 2.68 bits per heavy atom. The molecule has 0 aliphatic heterocycles. The molecule has 2 rings (SSSR count). The first-order chi connectivity index (χ1) is 8.97. The Hall–Kier alpha value is -1.16. The summed E-state index contributed by atoms with van der Waals surface area (Å²) in [5, 5.41) is 10.9. The molecule has 2 aromatic rings. The molecule has 0 spiro atoms. The maximum Gasteiger partial charge on any atom is 0.123 e. The highest BCUT2D eigenvalue weighted by molar-refractivity contribution is 6.34. The van der Waals surface area contributed by atoms with Gasteiger partial charge in [0.2, 0.25) is 0 Å². The summed E-state index contributed by atoms with van der Waals surface area (Å²) < 4.78 is 13.0. The van der Waals surface area contributed by atoms with Gasteiger partial charge in [0.05, 0.1) is 15.7 Å². The number of aromatic nitrogens is 1. The second-order valence-corrected chi connectivity index (χ2v) is 5.15. The Bertz CT molecular complexity index is 604. The summed E-state index contributed by atoms with van der Waals surface area (Å²) >= 11 is 11.7. The van der Waals surface area contributed by atoms with Crippen molar-refractivity contribution in [2.75, 3.05) is 0 Å². The summed E-state index contributed by atoms with van der Waals surface area (Å²) in [6.45, 7) is 1.79. The lowest BCUT2D eigenvalue weighted by Crippen LogP contribution is -2.06. The molecule has 0 aliphatic carbocycles. The van der Waals surface area contributed by atoms with Crippen LogP contribution in [0.3, 0.4) is 0 Å². The minimum atomic E-state index is -0.853. The number of halogens is 3. The van der Waals surface area contributed by atoms with Crippen LogP contribution in [0.5, 0.6) is 0 Å². The van der Waals surface area contributed by atoms with E-state index in [0.29, 0.717) is 22.2 Å². The number of rotatable bonds is 3. The largest absolute Gasteiger partial charge is 0.386 e. The van der Waals surface area contributed by atoms with Crippen LogP contribution in [0.15, 0.2) is 30.5 Å². The fourth-order valence-electron chi connectivity index (χ4n) is 1.86. The van der Waals surface area contributed by atoms with E-state index in [1.165, 1.54) is 24.4 Å². The molecule has 5 heteroatoms. The van der Waals surface area contributed by atoms with Crippen molar-refractivity contribution in [3.05, 3.63) is 63.1 Å². The minimum Gasteiger partial charge on any atom is -0.386 e. The minimum absolute atomic E-state index is 0.293. The number of aryl methyl sites for hydroxylation is 1. The first kappa shape index (κ1) is 14.3. The average molecular weight is 300 g/mol. The smallest absolute Gasteiger partial charge is 0.123 e. The van der Waals surface area contributed by atoms with Crippen molar-refractivity contribution in [3.63, 3.8) is 0 Å². The molecule has 1 heterocycles. The summed E-state index contributed by atoms with van der Waals surface area (Å²) in [5.74, 6) is -0.293. The molecule has 100 valence electrons. The van der Waals surface area contributed by atoms with Gasteiger partial charge in [-0.05, 0) is 36.2 Å². The third-order valence-electron chi connectivity index (χ3n) is 2.87. The topological polar surface area (TPSA) is 33.1 Å². The van der Waals surface area contributed by atoms with Gasteiger partial charge < -0.3 is 5.11 Å². The molecular formula is C14H12Cl2FNO. The van der Waals surface area contributed by atoms with Crippen LogP contribution in [0.2, 0.25) is 10.0 Å². The number of hydrogen-bond acceptors (Lipinski definition) is 2. The molecule has 0 saturated heterocycles. The van der Waals surface area contributed by atoms with Crippen molar-refractivity contribution < 1.29 is 9.50 Å². The van der Waals surface area contributed by atoms with Gasteiger partial charge in [-0.15, -0.1) is 0 Å². The van der Waals surface area contributed by atoms with E-state index < -0.39 is 6.10 Å². The summed E-state index contributed by atoms with van der Waals surface area (Å²) in [7, 11) is 0. The van der Waals surface area contributed by atoms with Gasteiger partial charge in [-0.25, -0.2) is 4.39 Å². The van der Waals surface area contributed by atoms with Crippen LogP contribution in [-0.4, -0.2) is 10.1 Å². The monoisotopic (exact) mass is 299 g/mol. The van der Waals surface area contributed by atoms with Crippen molar-refractivity contribution in [2.45, 2.75) is 19.4 Å². The molecule has 1 aromatic heterocycles. The van der Waals surface area contributed by atoms with Crippen molar-refractivity contribution >= 4 is 23.2 Å². The number of aliphatic hydroxyl groups is 1. The lowest BCUT2D eigenvalue weighted by atomic mass is 10.0. The fraction of sp³-hybridized carbons (Fsp3) is 0.214. The highest BCUT2D eigenvalue weighted by Crippen LogP contribution is 2.27. The van der Waals surface area contributed by atoms with E-state index >= 15 is 0 Å². The van der Waals surface area contributed by atoms with Gasteiger partial charge in [-0.1, -0.05) is 29.3 Å². The predicted molar refractivity (Wildman–Crippen MR) is 74.1 cm³/mol. The van der Waals surface area contributed by atoms with E-state index in [0.717, 1.165) is 11.1 Å². The summed E-state index contributed by atoms with van der Waals surface area (Å²) in [6.07, 6.45) is 0.901. The van der Waals surface area contributed by atoms with Gasteiger partial charge in [0.15, 0.2) is 0 Å². The first-order valence-corrected chi connectivity index (χ1v) is 6.47. The molecule has 1 atom stereocenters. The van der Waals surface area contributed by atoms with E-state index in [2.05, 4.69) is 4.98 Å². The summed E-state index contributed by atoms with van der Waals surface area (Å²) in [6, 6.07) is 5.98. The van der Waals surface area contributed by atoms with Crippen molar-refractivity contribution in [2.24, 2.45) is 0 Å². The van der Waals surface area contributed by atoms with E-state index in [9.17, 15) is 9.50 Å². The van der Waals surface area contributed by atoms with Crippen LogP contribution in [0, 0.1) is 12.7 Å². The van der Waals surface area contributed by atoms with Crippen molar-refractivity contribution in [1.29, 1.82) is 0 Å². The van der Waals surface area contributed by atoms with Crippen molar-refractivity contribution in [3.8, 4) is 0 Å². The maximum atomic E-state index is 13.0. The second kappa shape index (κ2) is 5.87. The molecule has 1 N–H and O–H groups in total.